The predicted octanol–water partition coefficient (Wildman–Crippen LogP) is 6.72. The largest absolute Gasteiger partial charge is 0.456 e. The number of carbonyl (C=O) groups is 1. The topological polar surface area (TPSA) is 76.0 Å². The third-order valence-electron chi connectivity index (χ3n) is 11.4. The Morgan fingerprint density at radius 2 is 1.57 bits per heavy atom. The number of allylic oxidation sites excluding steroid dienone is 1. The molecule has 0 aromatic heterocycles. The number of carbonyl (C=O) groups excluding carboxylic acids is 1. The van der Waals surface area contributed by atoms with Crippen LogP contribution < -0.4 is 0 Å². The Hall–Kier alpha value is -1.88. The molecule has 0 amide bonds. The summed E-state index contributed by atoms with van der Waals surface area (Å²) in [7, 11) is 0. The molecular weight excluding hydrogens is 559 g/mol. The molecule has 1 saturated heterocycles. The van der Waals surface area contributed by atoms with E-state index in [9.17, 15) is 28.2 Å². The van der Waals surface area contributed by atoms with E-state index in [-0.39, 0.29) is 30.6 Å². The fraction of sp³-hybridized carbons (Fsp3) is 0.719. The number of alkyl halides is 5. The van der Waals surface area contributed by atoms with Crippen molar-refractivity contribution in [1.29, 1.82) is 0 Å². The van der Waals surface area contributed by atoms with Gasteiger partial charge in [-0.1, -0.05) is 50.6 Å². The number of ether oxygens (including phenoxy) is 2. The van der Waals surface area contributed by atoms with Gasteiger partial charge in [0.05, 0.1) is 18.8 Å². The Kier molecular flexibility index (Phi) is 6.69. The van der Waals surface area contributed by atoms with E-state index in [4.69, 9.17) is 9.47 Å². The van der Waals surface area contributed by atoms with Crippen molar-refractivity contribution in [2.24, 2.45) is 22.7 Å². The van der Waals surface area contributed by atoms with Crippen molar-refractivity contribution in [2.45, 2.75) is 107 Å². The Balaban J connectivity index is 1.46. The van der Waals surface area contributed by atoms with Crippen molar-refractivity contribution >= 4 is 6.29 Å². The van der Waals surface area contributed by atoms with Gasteiger partial charge >= 0.3 is 12.1 Å². The van der Waals surface area contributed by atoms with Crippen molar-refractivity contribution in [1.82, 2.24) is 0 Å². The normalized spacial score (nSPS) is 39.4. The average molecular weight is 599 g/mol. The second kappa shape index (κ2) is 9.31. The van der Waals surface area contributed by atoms with Gasteiger partial charge in [0, 0.05) is 35.2 Å². The highest BCUT2D eigenvalue weighted by Gasteiger charge is 2.79. The van der Waals surface area contributed by atoms with Crippen LogP contribution in [0.3, 0.4) is 0 Å². The van der Waals surface area contributed by atoms with Crippen molar-refractivity contribution < 1.29 is 46.4 Å². The van der Waals surface area contributed by atoms with Crippen LogP contribution >= 0.6 is 0 Å². The maximum Gasteiger partial charge on any atom is 0.456 e. The van der Waals surface area contributed by atoms with Crippen LogP contribution in [0.4, 0.5) is 22.0 Å². The zero-order valence-electron chi connectivity index (χ0n) is 24.2. The fourth-order valence-corrected chi connectivity index (χ4v) is 9.11. The Morgan fingerprint density at radius 3 is 2.17 bits per heavy atom. The first-order valence-corrected chi connectivity index (χ1v) is 14.9. The molecule has 0 bridgehead atoms. The van der Waals surface area contributed by atoms with Gasteiger partial charge in [-0.25, -0.2) is 0 Å². The summed E-state index contributed by atoms with van der Waals surface area (Å²) in [5.74, 6) is -7.85. The first kappa shape index (κ1) is 30.2. The highest BCUT2D eigenvalue weighted by atomic mass is 19.4. The monoisotopic (exact) mass is 598 g/mol. The summed E-state index contributed by atoms with van der Waals surface area (Å²) >= 11 is 0. The first-order chi connectivity index (χ1) is 19.4. The van der Waals surface area contributed by atoms with Gasteiger partial charge in [0.1, 0.15) is 11.9 Å². The first-order valence-electron chi connectivity index (χ1n) is 14.9. The number of benzene rings is 1. The SMILES string of the molecule is CC1(C)COC2(CCC3=C4[C@@H](CC[C@@]3(O)C2)[C@@H]2CC[C@@](O)(C(F)(F)C(F)(F)F)[C@@]2(C)C[C@@H]4c2ccc(C=O)cc2)OC1. The highest BCUT2D eigenvalue weighted by Crippen LogP contribution is 2.71. The molecule has 10 heteroatoms. The summed E-state index contributed by atoms with van der Waals surface area (Å²) in [5, 5.41) is 23.6. The molecule has 5 aliphatic rings. The van der Waals surface area contributed by atoms with Crippen LogP contribution in [0.1, 0.15) is 94.0 Å². The van der Waals surface area contributed by atoms with Crippen LogP contribution in [0, 0.1) is 22.7 Å². The van der Waals surface area contributed by atoms with E-state index in [1.54, 1.807) is 24.3 Å². The smallest absolute Gasteiger partial charge is 0.385 e. The van der Waals surface area contributed by atoms with Gasteiger partial charge in [-0.3, -0.25) is 4.79 Å². The molecule has 42 heavy (non-hydrogen) atoms. The minimum absolute atomic E-state index is 0.0284. The number of halogens is 5. The minimum atomic E-state index is -5.90. The maximum atomic E-state index is 15.2. The molecule has 1 aliphatic heterocycles. The van der Waals surface area contributed by atoms with E-state index in [0.29, 0.717) is 56.3 Å². The van der Waals surface area contributed by atoms with Crippen molar-refractivity contribution in [3.63, 3.8) is 0 Å². The zero-order valence-corrected chi connectivity index (χ0v) is 24.2. The van der Waals surface area contributed by atoms with Gasteiger partial charge < -0.3 is 19.7 Å². The van der Waals surface area contributed by atoms with Gasteiger partial charge in [0.2, 0.25) is 0 Å². The molecule has 0 radical (unpaired) electrons. The van der Waals surface area contributed by atoms with E-state index in [1.807, 2.05) is 13.8 Å². The van der Waals surface area contributed by atoms with Crippen molar-refractivity contribution in [3.05, 3.63) is 46.5 Å². The fourth-order valence-electron chi connectivity index (χ4n) is 9.11. The Bertz CT molecular complexity index is 1280. The van der Waals surface area contributed by atoms with E-state index in [1.165, 1.54) is 6.92 Å². The molecule has 6 rings (SSSR count). The van der Waals surface area contributed by atoms with Gasteiger partial charge in [0.25, 0.3) is 0 Å². The summed E-state index contributed by atoms with van der Waals surface area (Å²) in [6.45, 7) is 6.44. The van der Waals surface area contributed by atoms with Crippen LogP contribution in [0.25, 0.3) is 0 Å². The van der Waals surface area contributed by atoms with Gasteiger partial charge in [-0.05, 0) is 61.5 Å². The van der Waals surface area contributed by atoms with Crippen LogP contribution in [-0.2, 0) is 9.47 Å². The lowest BCUT2D eigenvalue weighted by Crippen LogP contribution is -2.65. The lowest BCUT2D eigenvalue weighted by Gasteiger charge is -2.59. The van der Waals surface area contributed by atoms with Crippen LogP contribution in [0.2, 0.25) is 0 Å². The lowest BCUT2D eigenvalue weighted by molar-refractivity contribution is -0.362. The lowest BCUT2D eigenvalue weighted by atomic mass is 9.49. The molecule has 5 nitrogen and oxygen atoms in total. The van der Waals surface area contributed by atoms with Gasteiger partial charge in [-0.2, -0.15) is 22.0 Å². The molecule has 1 aromatic rings. The van der Waals surface area contributed by atoms with E-state index in [2.05, 4.69) is 0 Å². The number of aliphatic hydroxyl groups is 2. The second-order valence-electron chi connectivity index (χ2n) is 14.5. The standard InChI is InChI=1S/C32H39F5O5/c1-26(2)17-41-29(42-18-26)12-9-24-25-21(8-11-28(24,39)16-29)23-10-13-30(40,31(33,34)32(35,36)37)27(23,3)14-22(25)20-6-4-19(15-38)5-7-20/h4-7,15,21-23,39-40H,8-14,16-18H2,1-3H3/t21-,22+,23-,27-,28+,30-/m0/s1. The molecule has 4 fully saturated rings. The number of aldehydes is 1. The summed E-state index contributed by atoms with van der Waals surface area (Å²) in [5.41, 5.74) is -3.71. The van der Waals surface area contributed by atoms with Crippen molar-refractivity contribution in [2.75, 3.05) is 13.2 Å². The number of fused-ring (bicyclic) bond motifs is 4. The summed E-state index contributed by atoms with van der Waals surface area (Å²) in [6, 6.07) is 6.59. The third kappa shape index (κ3) is 4.18. The summed E-state index contributed by atoms with van der Waals surface area (Å²) < 4.78 is 84.2. The third-order valence-corrected chi connectivity index (χ3v) is 11.4. The van der Waals surface area contributed by atoms with E-state index in [0.717, 1.165) is 11.1 Å². The molecule has 0 unspecified atom stereocenters. The van der Waals surface area contributed by atoms with Crippen molar-refractivity contribution in [3.8, 4) is 0 Å². The van der Waals surface area contributed by atoms with Gasteiger partial charge in [-0.15, -0.1) is 0 Å². The number of hydrogen-bond donors (Lipinski definition) is 2. The molecule has 3 saturated carbocycles. The van der Waals surface area contributed by atoms with Crippen LogP contribution in [0.15, 0.2) is 35.4 Å². The molecule has 2 N–H and O–H groups in total. The molecular formula is C32H39F5O5. The molecule has 1 spiro atoms. The molecule has 6 atom stereocenters. The molecule has 1 aromatic carbocycles. The van der Waals surface area contributed by atoms with Gasteiger partial charge in [0.15, 0.2) is 5.79 Å². The second-order valence-corrected chi connectivity index (χ2v) is 14.5. The summed E-state index contributed by atoms with van der Waals surface area (Å²) in [4.78, 5) is 11.3. The Labute approximate surface area is 242 Å². The van der Waals surface area contributed by atoms with E-state index < -0.39 is 52.8 Å². The van der Waals surface area contributed by atoms with Crippen LogP contribution in [-0.4, -0.2) is 58.8 Å². The molecule has 4 aliphatic carbocycles. The zero-order chi connectivity index (χ0) is 30.6. The highest BCUT2D eigenvalue weighted by molar-refractivity contribution is 5.74. The van der Waals surface area contributed by atoms with E-state index >= 15 is 8.78 Å². The molecule has 1 heterocycles. The Morgan fingerprint density at radius 1 is 0.929 bits per heavy atom. The predicted molar refractivity (Wildman–Crippen MR) is 143 cm³/mol. The van der Waals surface area contributed by atoms with Crippen LogP contribution in [0.5, 0.6) is 0 Å². The summed E-state index contributed by atoms with van der Waals surface area (Å²) in [6.07, 6.45) is -4.17. The number of rotatable bonds is 3. The number of hydrogen-bond acceptors (Lipinski definition) is 5. The maximum absolute atomic E-state index is 15.2. The quantitative estimate of drug-likeness (QED) is 0.230. The molecule has 232 valence electrons. The minimum Gasteiger partial charge on any atom is -0.385 e. The average Bonchev–Trinajstić information content (AvgIpc) is 3.20.